The summed E-state index contributed by atoms with van der Waals surface area (Å²) in [6.07, 6.45) is -0.655. The molecule has 1 amide bonds. The number of nitrogens with one attached hydrogen (secondary N) is 1. The van der Waals surface area contributed by atoms with Gasteiger partial charge in [0.05, 0.1) is 10.9 Å². The maximum absolute atomic E-state index is 13.1. The van der Waals surface area contributed by atoms with Crippen LogP contribution in [0.5, 0.6) is 0 Å². The molecule has 4 rings (SSSR count). The fourth-order valence-electron chi connectivity index (χ4n) is 4.50. The first-order valence-electron chi connectivity index (χ1n) is 10.1. The lowest BCUT2D eigenvalue weighted by Gasteiger charge is -2.34. The summed E-state index contributed by atoms with van der Waals surface area (Å²) in [7, 11) is 0. The largest absolute Gasteiger partial charge is 0.326 e. The van der Waals surface area contributed by atoms with E-state index in [0.717, 1.165) is 0 Å². The highest BCUT2D eigenvalue weighted by molar-refractivity contribution is 6.54. The van der Waals surface area contributed by atoms with Gasteiger partial charge in [0, 0.05) is 46.0 Å². The van der Waals surface area contributed by atoms with Crippen LogP contribution < -0.4 is 5.32 Å². The number of Topliss-reactive ketones (excluding diaryl/α,β-unsaturated/α-hetero) is 1. The predicted octanol–water partition coefficient (Wildman–Crippen LogP) is 7.97. The SMILES string of the molecule is CC1(c2cc(Cl)cc(Cl)c2)C(C(=O)Nc2ccc(Cl)c(C(=O)CC3CC(F)(F)C3)c2)C1(Cl)Cl. The van der Waals surface area contributed by atoms with Crippen molar-refractivity contribution < 1.29 is 18.4 Å². The van der Waals surface area contributed by atoms with E-state index in [0.29, 0.717) is 21.3 Å². The van der Waals surface area contributed by atoms with Gasteiger partial charge in [0.25, 0.3) is 0 Å². The number of carbonyl (C=O) groups excluding carboxylic acids is 2. The van der Waals surface area contributed by atoms with Crippen LogP contribution in [0.4, 0.5) is 14.5 Å². The van der Waals surface area contributed by atoms with Crippen molar-refractivity contribution in [3.8, 4) is 0 Å². The summed E-state index contributed by atoms with van der Waals surface area (Å²) < 4.78 is 24.8. The van der Waals surface area contributed by atoms with Crippen LogP contribution in [0.25, 0.3) is 0 Å². The molecule has 2 aliphatic rings. The van der Waals surface area contributed by atoms with Crippen LogP contribution >= 0.6 is 58.0 Å². The minimum absolute atomic E-state index is 0.0323. The standard InChI is InChI=1S/C23H18Cl5F2NO2/c1-21(12-5-13(24)7-14(25)6-12)19(23(21,27)28)20(33)31-15-2-3-17(26)16(8-15)18(32)4-11-9-22(29,30)10-11/h2-3,5-8,11,19H,4,9-10H2,1H3,(H,31,33). The number of ketones is 1. The minimum Gasteiger partial charge on any atom is -0.326 e. The molecule has 0 heterocycles. The molecule has 0 aliphatic heterocycles. The van der Waals surface area contributed by atoms with Gasteiger partial charge in [-0.25, -0.2) is 8.78 Å². The Labute approximate surface area is 214 Å². The van der Waals surface area contributed by atoms with Gasteiger partial charge in [-0.05, 0) is 47.9 Å². The summed E-state index contributed by atoms with van der Waals surface area (Å²) in [5.74, 6) is -4.73. The summed E-state index contributed by atoms with van der Waals surface area (Å²) in [5, 5.41) is 3.68. The first-order valence-corrected chi connectivity index (χ1v) is 12.0. The van der Waals surface area contributed by atoms with Crippen molar-refractivity contribution in [3.63, 3.8) is 0 Å². The Bertz CT molecular complexity index is 1130. The van der Waals surface area contributed by atoms with E-state index in [1.807, 2.05) is 0 Å². The number of rotatable bonds is 6. The van der Waals surface area contributed by atoms with Crippen molar-refractivity contribution in [3.05, 3.63) is 62.6 Å². The number of anilines is 1. The van der Waals surface area contributed by atoms with E-state index in [2.05, 4.69) is 5.32 Å². The van der Waals surface area contributed by atoms with Crippen LogP contribution in [0.15, 0.2) is 36.4 Å². The zero-order valence-corrected chi connectivity index (χ0v) is 21.0. The molecule has 33 heavy (non-hydrogen) atoms. The fraction of sp³-hybridized carbons (Fsp3) is 0.391. The third-order valence-electron chi connectivity index (χ3n) is 6.46. The molecule has 0 spiro atoms. The molecule has 2 aromatic carbocycles. The third-order valence-corrected chi connectivity index (χ3v) is 8.44. The van der Waals surface area contributed by atoms with Crippen molar-refractivity contribution in [1.82, 2.24) is 0 Å². The first kappa shape index (κ1) is 25.0. The lowest BCUT2D eigenvalue weighted by molar-refractivity contribution is -0.117. The topological polar surface area (TPSA) is 46.2 Å². The van der Waals surface area contributed by atoms with Gasteiger partial charge in [-0.2, -0.15) is 0 Å². The molecule has 10 heteroatoms. The summed E-state index contributed by atoms with van der Waals surface area (Å²) in [6, 6.07) is 9.31. The fourth-order valence-corrected chi connectivity index (χ4v) is 6.21. The highest BCUT2D eigenvalue weighted by Gasteiger charge is 2.77. The number of amides is 1. The van der Waals surface area contributed by atoms with Crippen LogP contribution in [0.3, 0.4) is 0 Å². The Morgan fingerprint density at radius 3 is 2.21 bits per heavy atom. The van der Waals surface area contributed by atoms with Gasteiger partial charge in [-0.1, -0.05) is 64.9 Å². The third kappa shape index (κ3) is 4.60. The second-order valence-electron chi connectivity index (χ2n) is 8.86. The molecule has 2 unspecified atom stereocenters. The molecule has 0 saturated heterocycles. The number of benzene rings is 2. The van der Waals surface area contributed by atoms with E-state index in [9.17, 15) is 18.4 Å². The number of hydrogen-bond acceptors (Lipinski definition) is 2. The zero-order chi connectivity index (χ0) is 24.3. The number of alkyl halides is 4. The molecule has 1 N–H and O–H groups in total. The summed E-state index contributed by atoms with van der Waals surface area (Å²) in [6.45, 7) is 1.74. The van der Waals surface area contributed by atoms with Gasteiger partial charge in [-0.15, -0.1) is 0 Å². The highest BCUT2D eigenvalue weighted by atomic mass is 35.5. The van der Waals surface area contributed by atoms with Crippen molar-refractivity contribution in [1.29, 1.82) is 0 Å². The first-order chi connectivity index (χ1) is 15.2. The van der Waals surface area contributed by atoms with E-state index < -0.39 is 27.5 Å². The molecule has 0 radical (unpaired) electrons. The molecule has 176 valence electrons. The second kappa shape index (κ2) is 8.53. The van der Waals surface area contributed by atoms with Crippen molar-refractivity contribution in [2.75, 3.05) is 5.32 Å². The highest BCUT2D eigenvalue weighted by Crippen LogP contribution is 2.70. The van der Waals surface area contributed by atoms with Crippen LogP contribution in [0, 0.1) is 11.8 Å². The normalized spacial score (nSPS) is 25.3. The van der Waals surface area contributed by atoms with E-state index in [4.69, 9.17) is 58.0 Å². The summed E-state index contributed by atoms with van der Waals surface area (Å²) in [4.78, 5) is 25.7. The molecule has 2 aromatic rings. The number of halogens is 7. The van der Waals surface area contributed by atoms with Gasteiger partial charge in [-0.3, -0.25) is 9.59 Å². The molecule has 2 fully saturated rings. The van der Waals surface area contributed by atoms with Gasteiger partial charge in [0.1, 0.15) is 4.33 Å². The van der Waals surface area contributed by atoms with Crippen molar-refractivity contribution >= 4 is 75.4 Å². The monoisotopic (exact) mass is 553 g/mol. The van der Waals surface area contributed by atoms with E-state index in [1.165, 1.54) is 18.2 Å². The smallest absolute Gasteiger partial charge is 0.248 e. The van der Waals surface area contributed by atoms with Crippen molar-refractivity contribution in [2.24, 2.45) is 11.8 Å². The zero-order valence-electron chi connectivity index (χ0n) is 17.2. The van der Waals surface area contributed by atoms with Crippen LogP contribution in [-0.2, 0) is 10.2 Å². The van der Waals surface area contributed by atoms with Gasteiger partial charge >= 0.3 is 0 Å². The Hall–Kier alpha value is -1.11. The molecule has 3 nitrogen and oxygen atoms in total. The minimum atomic E-state index is -2.70. The average molecular weight is 556 g/mol. The Morgan fingerprint density at radius 1 is 1.03 bits per heavy atom. The molecule has 2 aliphatic carbocycles. The van der Waals surface area contributed by atoms with Crippen LogP contribution in [-0.4, -0.2) is 21.9 Å². The van der Waals surface area contributed by atoms with E-state index in [-0.39, 0.29) is 41.5 Å². The predicted molar refractivity (Wildman–Crippen MR) is 128 cm³/mol. The Morgan fingerprint density at radius 2 is 1.64 bits per heavy atom. The maximum atomic E-state index is 13.1. The number of carbonyl (C=O) groups is 2. The van der Waals surface area contributed by atoms with E-state index in [1.54, 1.807) is 25.1 Å². The Kier molecular flexibility index (Phi) is 6.46. The molecular formula is C23H18Cl5F2NO2. The number of hydrogen-bond donors (Lipinski definition) is 1. The van der Waals surface area contributed by atoms with Gasteiger partial charge in [0.2, 0.25) is 11.8 Å². The molecule has 0 aromatic heterocycles. The summed E-state index contributed by atoms with van der Waals surface area (Å²) >= 11 is 31.4. The van der Waals surface area contributed by atoms with Crippen LogP contribution in [0.2, 0.25) is 15.1 Å². The van der Waals surface area contributed by atoms with Gasteiger partial charge < -0.3 is 5.32 Å². The average Bonchev–Trinajstić information content (AvgIpc) is 3.14. The molecule has 2 saturated carbocycles. The summed E-state index contributed by atoms with van der Waals surface area (Å²) in [5.41, 5.74) is 0.145. The van der Waals surface area contributed by atoms with Crippen molar-refractivity contribution in [2.45, 2.75) is 41.9 Å². The van der Waals surface area contributed by atoms with E-state index >= 15 is 0 Å². The maximum Gasteiger partial charge on any atom is 0.248 e. The molecule has 0 bridgehead atoms. The van der Waals surface area contributed by atoms with Crippen LogP contribution in [0.1, 0.15) is 42.1 Å². The lowest BCUT2D eigenvalue weighted by Crippen LogP contribution is -2.36. The Balaban J connectivity index is 1.51. The second-order valence-corrected chi connectivity index (χ2v) is 11.5. The lowest BCUT2D eigenvalue weighted by atomic mass is 9.77. The quantitative estimate of drug-likeness (QED) is 0.290. The molecular weight excluding hydrogens is 538 g/mol. The van der Waals surface area contributed by atoms with Gasteiger partial charge in [0.15, 0.2) is 5.78 Å². The molecule has 2 atom stereocenters.